The van der Waals surface area contributed by atoms with Gasteiger partial charge in [-0.15, -0.1) is 12.4 Å². The molecule has 1 saturated heterocycles. The van der Waals surface area contributed by atoms with Crippen LogP contribution in [0.3, 0.4) is 0 Å². The van der Waals surface area contributed by atoms with Crippen LogP contribution in [0.5, 0.6) is 0 Å². The molecule has 1 heterocycles. The van der Waals surface area contributed by atoms with Crippen LogP contribution < -0.4 is 5.73 Å². The number of carbonyl (C=O) groups is 1. The van der Waals surface area contributed by atoms with Crippen molar-refractivity contribution < 1.29 is 18.0 Å². The summed E-state index contributed by atoms with van der Waals surface area (Å²) in [6.07, 6.45) is -2.12. The normalized spacial score (nSPS) is 33.7. The lowest BCUT2D eigenvalue weighted by atomic mass is 9.80. The maximum atomic E-state index is 12.8. The predicted molar refractivity (Wildman–Crippen MR) is 77.1 cm³/mol. The molecule has 0 aromatic carbocycles. The molecule has 0 bridgehead atoms. The van der Waals surface area contributed by atoms with Crippen LogP contribution in [0.2, 0.25) is 0 Å². The van der Waals surface area contributed by atoms with E-state index in [9.17, 15) is 18.0 Å². The molecule has 1 saturated carbocycles. The SMILES string of the molecule is CC1CC(CN)CN1C(=O)C1CCCC(C(F)(F)F)C1.Cl. The fourth-order valence-corrected chi connectivity index (χ4v) is 3.57. The van der Waals surface area contributed by atoms with Gasteiger partial charge in [0.1, 0.15) is 0 Å². The van der Waals surface area contributed by atoms with E-state index in [1.165, 1.54) is 0 Å². The van der Waals surface area contributed by atoms with Crippen LogP contribution in [0.25, 0.3) is 0 Å². The van der Waals surface area contributed by atoms with E-state index in [1.54, 1.807) is 4.90 Å². The van der Waals surface area contributed by atoms with Gasteiger partial charge in [0.05, 0.1) is 5.92 Å². The number of nitrogens with two attached hydrogens (primary N) is 1. The first-order valence-electron chi connectivity index (χ1n) is 7.40. The predicted octanol–water partition coefficient (Wildman–Crippen LogP) is 2.97. The Morgan fingerprint density at radius 3 is 2.48 bits per heavy atom. The highest BCUT2D eigenvalue weighted by atomic mass is 35.5. The van der Waals surface area contributed by atoms with E-state index in [0.717, 1.165) is 6.42 Å². The Hall–Kier alpha value is -0.490. The molecule has 1 amide bonds. The molecule has 4 atom stereocenters. The molecule has 0 radical (unpaired) electrons. The quantitative estimate of drug-likeness (QED) is 0.847. The lowest BCUT2D eigenvalue weighted by Crippen LogP contribution is -2.42. The van der Waals surface area contributed by atoms with Gasteiger partial charge < -0.3 is 10.6 Å². The first-order valence-corrected chi connectivity index (χ1v) is 7.40. The minimum Gasteiger partial charge on any atom is -0.339 e. The fraction of sp³-hybridized carbons (Fsp3) is 0.929. The molecule has 2 N–H and O–H groups in total. The van der Waals surface area contributed by atoms with Crippen molar-refractivity contribution in [2.45, 2.75) is 51.2 Å². The highest BCUT2D eigenvalue weighted by Crippen LogP contribution is 2.41. The minimum atomic E-state index is -4.17. The van der Waals surface area contributed by atoms with Gasteiger partial charge in [0.25, 0.3) is 0 Å². The van der Waals surface area contributed by atoms with Gasteiger partial charge in [-0.25, -0.2) is 0 Å². The number of carbonyl (C=O) groups excluding carboxylic acids is 1. The van der Waals surface area contributed by atoms with Gasteiger partial charge in [-0.2, -0.15) is 13.2 Å². The average molecular weight is 329 g/mol. The van der Waals surface area contributed by atoms with Crippen LogP contribution in [0, 0.1) is 17.8 Å². The number of amides is 1. The second-order valence-electron chi connectivity index (χ2n) is 6.28. The van der Waals surface area contributed by atoms with E-state index in [2.05, 4.69) is 0 Å². The molecule has 3 nitrogen and oxygen atoms in total. The number of nitrogens with zero attached hydrogens (tertiary/aromatic N) is 1. The molecule has 7 heteroatoms. The van der Waals surface area contributed by atoms with Crippen molar-refractivity contribution in [3.05, 3.63) is 0 Å². The number of halogens is 4. The summed E-state index contributed by atoms with van der Waals surface area (Å²) >= 11 is 0. The van der Waals surface area contributed by atoms with Crippen LogP contribution >= 0.6 is 12.4 Å². The van der Waals surface area contributed by atoms with Crippen molar-refractivity contribution in [3.63, 3.8) is 0 Å². The third kappa shape index (κ3) is 4.25. The molecule has 1 aliphatic carbocycles. The smallest absolute Gasteiger partial charge is 0.339 e. The standard InChI is InChI=1S/C14H23F3N2O.ClH/c1-9-5-10(7-18)8-19(9)13(20)11-3-2-4-12(6-11)14(15,16)17;/h9-12H,2-8,18H2,1H3;1H. The van der Waals surface area contributed by atoms with E-state index in [0.29, 0.717) is 25.9 Å². The summed E-state index contributed by atoms with van der Waals surface area (Å²) in [4.78, 5) is 14.2. The number of hydrogen-bond acceptors (Lipinski definition) is 2. The van der Waals surface area contributed by atoms with E-state index in [1.807, 2.05) is 6.92 Å². The Labute approximate surface area is 129 Å². The highest BCUT2D eigenvalue weighted by molar-refractivity contribution is 5.85. The van der Waals surface area contributed by atoms with E-state index < -0.39 is 18.0 Å². The van der Waals surface area contributed by atoms with Crippen LogP contribution in [0.15, 0.2) is 0 Å². The maximum Gasteiger partial charge on any atom is 0.391 e. The zero-order valence-electron chi connectivity index (χ0n) is 12.2. The van der Waals surface area contributed by atoms with Crippen molar-refractivity contribution in [2.75, 3.05) is 13.1 Å². The summed E-state index contributed by atoms with van der Waals surface area (Å²) < 4.78 is 38.4. The third-order valence-corrected chi connectivity index (χ3v) is 4.76. The summed E-state index contributed by atoms with van der Waals surface area (Å²) in [5, 5.41) is 0. The first kappa shape index (κ1) is 18.6. The van der Waals surface area contributed by atoms with Gasteiger partial charge in [0, 0.05) is 18.5 Å². The summed E-state index contributed by atoms with van der Waals surface area (Å²) in [5.41, 5.74) is 5.63. The topological polar surface area (TPSA) is 46.3 Å². The number of alkyl halides is 3. The van der Waals surface area contributed by atoms with Crippen LogP contribution in [-0.4, -0.2) is 36.1 Å². The fourth-order valence-electron chi connectivity index (χ4n) is 3.57. The van der Waals surface area contributed by atoms with Gasteiger partial charge in [-0.3, -0.25) is 4.79 Å². The van der Waals surface area contributed by atoms with Crippen LogP contribution in [-0.2, 0) is 4.79 Å². The molecule has 0 aromatic heterocycles. The van der Waals surface area contributed by atoms with Crippen molar-refractivity contribution >= 4 is 18.3 Å². The number of hydrogen-bond donors (Lipinski definition) is 1. The monoisotopic (exact) mass is 328 g/mol. The molecule has 0 spiro atoms. The molecule has 1 aliphatic heterocycles. The van der Waals surface area contributed by atoms with E-state index in [4.69, 9.17) is 5.73 Å². The molecule has 2 fully saturated rings. The molecule has 124 valence electrons. The second kappa shape index (κ2) is 7.18. The van der Waals surface area contributed by atoms with Gasteiger partial charge in [-0.05, 0) is 45.1 Å². The van der Waals surface area contributed by atoms with Gasteiger partial charge in [0.2, 0.25) is 5.91 Å². The first-order chi connectivity index (χ1) is 9.32. The zero-order chi connectivity index (χ0) is 14.9. The second-order valence-corrected chi connectivity index (χ2v) is 6.28. The Morgan fingerprint density at radius 2 is 1.95 bits per heavy atom. The van der Waals surface area contributed by atoms with Crippen molar-refractivity contribution in [1.82, 2.24) is 4.90 Å². The molecular weight excluding hydrogens is 305 g/mol. The van der Waals surface area contributed by atoms with Crippen LogP contribution in [0.4, 0.5) is 13.2 Å². The number of rotatable bonds is 2. The maximum absolute atomic E-state index is 12.8. The summed E-state index contributed by atoms with van der Waals surface area (Å²) in [6.45, 7) is 3.09. The lowest BCUT2D eigenvalue weighted by molar-refractivity contribution is -0.187. The Kier molecular flexibility index (Phi) is 6.35. The summed E-state index contributed by atoms with van der Waals surface area (Å²) in [5.74, 6) is -1.58. The van der Waals surface area contributed by atoms with E-state index >= 15 is 0 Å². The highest BCUT2D eigenvalue weighted by Gasteiger charge is 2.45. The van der Waals surface area contributed by atoms with Crippen molar-refractivity contribution in [3.8, 4) is 0 Å². The lowest BCUT2D eigenvalue weighted by Gasteiger charge is -2.33. The Morgan fingerprint density at radius 1 is 1.29 bits per heavy atom. The van der Waals surface area contributed by atoms with Gasteiger partial charge >= 0.3 is 6.18 Å². The van der Waals surface area contributed by atoms with Crippen LogP contribution in [0.1, 0.15) is 39.0 Å². The average Bonchev–Trinajstić information content (AvgIpc) is 2.78. The summed E-state index contributed by atoms with van der Waals surface area (Å²) in [7, 11) is 0. The minimum absolute atomic E-state index is 0. The number of likely N-dealkylation sites (tertiary alicyclic amines) is 1. The third-order valence-electron chi connectivity index (χ3n) is 4.76. The largest absolute Gasteiger partial charge is 0.391 e. The Bertz CT molecular complexity index is 365. The van der Waals surface area contributed by atoms with Gasteiger partial charge in [-0.1, -0.05) is 6.42 Å². The molecule has 21 heavy (non-hydrogen) atoms. The molecular formula is C14H24ClF3N2O. The molecule has 4 unspecified atom stereocenters. The Balaban J connectivity index is 0.00000220. The molecule has 2 aliphatic rings. The summed E-state index contributed by atoms with van der Waals surface area (Å²) in [6, 6.07) is 0.0994. The van der Waals surface area contributed by atoms with Crippen molar-refractivity contribution in [1.29, 1.82) is 0 Å². The molecule has 0 aromatic rings. The van der Waals surface area contributed by atoms with Crippen molar-refractivity contribution in [2.24, 2.45) is 23.5 Å². The molecule has 2 rings (SSSR count). The van der Waals surface area contributed by atoms with Gasteiger partial charge in [0.15, 0.2) is 0 Å². The zero-order valence-corrected chi connectivity index (χ0v) is 13.1. The van der Waals surface area contributed by atoms with E-state index in [-0.39, 0.29) is 43.1 Å².